The normalized spacial score (nSPS) is 14.3. The Morgan fingerprint density at radius 2 is 1.91 bits per heavy atom. The minimum atomic E-state index is -0.216. The van der Waals surface area contributed by atoms with Gasteiger partial charge >= 0.3 is 5.97 Å². The van der Waals surface area contributed by atoms with Crippen LogP contribution in [0.4, 0.5) is 5.69 Å². The van der Waals surface area contributed by atoms with Crippen molar-refractivity contribution in [2.45, 2.75) is 32.7 Å². The Balaban J connectivity index is 1.46. The average Bonchev–Trinajstić information content (AvgIpc) is 3.23. The number of fused-ring (bicyclic) bond motifs is 1. The van der Waals surface area contributed by atoms with Crippen molar-refractivity contribution < 1.29 is 19.0 Å². The van der Waals surface area contributed by atoms with E-state index in [0.29, 0.717) is 32.7 Å². The SMILES string of the molecule is COC(=O)CC1COc2cc(NCc3cccc(-c4c(C)cc(OCCN)cc4C)c3)ccc21. The monoisotopic (exact) mass is 460 g/mol. The van der Waals surface area contributed by atoms with Crippen LogP contribution >= 0.6 is 0 Å². The Labute approximate surface area is 201 Å². The van der Waals surface area contributed by atoms with Gasteiger partial charge in [0, 0.05) is 36.3 Å². The molecule has 0 spiro atoms. The molecule has 0 saturated heterocycles. The highest BCUT2D eigenvalue weighted by atomic mass is 16.5. The van der Waals surface area contributed by atoms with Crippen LogP contribution in [-0.4, -0.2) is 32.8 Å². The summed E-state index contributed by atoms with van der Waals surface area (Å²) >= 11 is 0. The number of aryl methyl sites for hydroxylation is 2. The van der Waals surface area contributed by atoms with Gasteiger partial charge in [-0.1, -0.05) is 24.3 Å². The fourth-order valence-corrected chi connectivity index (χ4v) is 4.52. The summed E-state index contributed by atoms with van der Waals surface area (Å²) in [5.41, 5.74) is 13.5. The Hall–Kier alpha value is -3.51. The zero-order chi connectivity index (χ0) is 24.1. The Kier molecular flexibility index (Phi) is 7.38. The summed E-state index contributed by atoms with van der Waals surface area (Å²) in [6.07, 6.45) is 0.335. The van der Waals surface area contributed by atoms with Gasteiger partial charge in [0.1, 0.15) is 18.1 Å². The topological polar surface area (TPSA) is 82.8 Å². The molecular formula is C28H32N2O4. The van der Waals surface area contributed by atoms with Crippen molar-refractivity contribution >= 4 is 11.7 Å². The van der Waals surface area contributed by atoms with Gasteiger partial charge in [-0.3, -0.25) is 4.79 Å². The van der Waals surface area contributed by atoms with E-state index in [2.05, 4.69) is 55.6 Å². The van der Waals surface area contributed by atoms with Gasteiger partial charge in [-0.15, -0.1) is 0 Å². The van der Waals surface area contributed by atoms with Gasteiger partial charge in [0.15, 0.2) is 0 Å². The van der Waals surface area contributed by atoms with Crippen molar-refractivity contribution in [3.8, 4) is 22.6 Å². The maximum atomic E-state index is 11.6. The van der Waals surface area contributed by atoms with Crippen molar-refractivity contribution in [3.05, 3.63) is 76.9 Å². The molecule has 3 aromatic carbocycles. The maximum absolute atomic E-state index is 11.6. The van der Waals surface area contributed by atoms with Crippen LogP contribution in [-0.2, 0) is 16.1 Å². The van der Waals surface area contributed by atoms with Crippen LogP contribution in [0, 0.1) is 13.8 Å². The number of benzene rings is 3. The average molecular weight is 461 g/mol. The molecule has 0 aliphatic carbocycles. The van der Waals surface area contributed by atoms with Crippen LogP contribution in [0.3, 0.4) is 0 Å². The molecule has 1 aliphatic heterocycles. The van der Waals surface area contributed by atoms with Crippen LogP contribution in [0.5, 0.6) is 11.5 Å². The minimum absolute atomic E-state index is 0.0479. The van der Waals surface area contributed by atoms with Crippen molar-refractivity contribution in [2.75, 3.05) is 32.2 Å². The van der Waals surface area contributed by atoms with Crippen LogP contribution < -0.4 is 20.5 Å². The largest absolute Gasteiger partial charge is 0.493 e. The molecule has 0 radical (unpaired) electrons. The summed E-state index contributed by atoms with van der Waals surface area (Å²) in [6.45, 7) is 6.43. The zero-order valence-corrected chi connectivity index (χ0v) is 20.0. The van der Waals surface area contributed by atoms with Gasteiger partial charge < -0.3 is 25.3 Å². The van der Waals surface area contributed by atoms with Gasteiger partial charge in [-0.25, -0.2) is 0 Å². The third-order valence-corrected chi connectivity index (χ3v) is 6.14. The predicted molar refractivity (Wildman–Crippen MR) is 135 cm³/mol. The van der Waals surface area contributed by atoms with Crippen LogP contribution in [0.1, 0.15) is 34.6 Å². The quantitative estimate of drug-likeness (QED) is 0.439. The number of ether oxygens (including phenoxy) is 3. The third-order valence-electron chi connectivity index (χ3n) is 6.14. The van der Waals surface area contributed by atoms with E-state index in [4.69, 9.17) is 19.9 Å². The van der Waals surface area contributed by atoms with E-state index in [9.17, 15) is 4.79 Å². The Morgan fingerprint density at radius 1 is 1.12 bits per heavy atom. The minimum Gasteiger partial charge on any atom is -0.493 e. The second-order valence-electron chi connectivity index (χ2n) is 8.66. The number of hydrogen-bond donors (Lipinski definition) is 2. The Morgan fingerprint density at radius 3 is 2.65 bits per heavy atom. The molecule has 6 nitrogen and oxygen atoms in total. The molecule has 178 valence electrons. The first kappa shape index (κ1) is 23.6. The van der Waals surface area contributed by atoms with E-state index in [1.807, 2.05) is 18.2 Å². The zero-order valence-electron chi connectivity index (χ0n) is 20.0. The molecule has 1 aliphatic rings. The summed E-state index contributed by atoms with van der Waals surface area (Å²) in [5.74, 6) is 1.52. The number of methoxy groups -OCH3 is 1. The summed E-state index contributed by atoms with van der Waals surface area (Å²) in [7, 11) is 1.41. The molecule has 3 N–H and O–H groups in total. The molecule has 3 aromatic rings. The van der Waals surface area contributed by atoms with Gasteiger partial charge in [-0.2, -0.15) is 0 Å². The van der Waals surface area contributed by atoms with Gasteiger partial charge in [0.2, 0.25) is 0 Å². The van der Waals surface area contributed by atoms with Crippen LogP contribution in [0.15, 0.2) is 54.6 Å². The number of hydrogen-bond acceptors (Lipinski definition) is 6. The molecule has 0 bridgehead atoms. The first-order valence-corrected chi connectivity index (χ1v) is 11.6. The molecule has 0 saturated carbocycles. The molecule has 1 atom stereocenters. The van der Waals surface area contributed by atoms with Gasteiger partial charge in [0.25, 0.3) is 0 Å². The van der Waals surface area contributed by atoms with E-state index in [0.717, 1.165) is 22.7 Å². The summed E-state index contributed by atoms with van der Waals surface area (Å²) in [5, 5.41) is 3.49. The molecule has 1 heterocycles. The third kappa shape index (κ3) is 5.34. The molecule has 1 unspecified atom stereocenters. The number of carbonyl (C=O) groups is 1. The molecule has 34 heavy (non-hydrogen) atoms. The van der Waals surface area contributed by atoms with E-state index < -0.39 is 0 Å². The highest BCUT2D eigenvalue weighted by Gasteiger charge is 2.26. The number of anilines is 1. The maximum Gasteiger partial charge on any atom is 0.306 e. The lowest BCUT2D eigenvalue weighted by atomic mass is 9.94. The first-order valence-electron chi connectivity index (χ1n) is 11.6. The van der Waals surface area contributed by atoms with Crippen LogP contribution in [0.2, 0.25) is 0 Å². The van der Waals surface area contributed by atoms with E-state index >= 15 is 0 Å². The van der Waals surface area contributed by atoms with Crippen molar-refractivity contribution in [2.24, 2.45) is 5.73 Å². The predicted octanol–water partition coefficient (Wildman–Crippen LogP) is 4.96. The second kappa shape index (κ2) is 10.6. The van der Waals surface area contributed by atoms with E-state index in [1.165, 1.54) is 34.9 Å². The summed E-state index contributed by atoms with van der Waals surface area (Å²) in [6, 6.07) is 18.8. The molecule has 0 fully saturated rings. The second-order valence-corrected chi connectivity index (χ2v) is 8.66. The van der Waals surface area contributed by atoms with Crippen molar-refractivity contribution in [3.63, 3.8) is 0 Å². The Bertz CT molecular complexity index is 1150. The lowest BCUT2D eigenvalue weighted by Crippen LogP contribution is -2.10. The lowest BCUT2D eigenvalue weighted by molar-refractivity contribution is -0.141. The summed E-state index contributed by atoms with van der Waals surface area (Å²) in [4.78, 5) is 11.6. The fourth-order valence-electron chi connectivity index (χ4n) is 4.52. The molecule has 0 amide bonds. The number of esters is 1. The highest BCUT2D eigenvalue weighted by molar-refractivity contribution is 5.73. The van der Waals surface area contributed by atoms with Gasteiger partial charge in [-0.05, 0) is 65.9 Å². The number of nitrogens with two attached hydrogens (primary N) is 1. The van der Waals surface area contributed by atoms with Gasteiger partial charge in [0.05, 0.1) is 20.1 Å². The summed E-state index contributed by atoms with van der Waals surface area (Å²) < 4.78 is 16.3. The van der Waals surface area contributed by atoms with E-state index in [1.54, 1.807) is 0 Å². The number of rotatable bonds is 9. The van der Waals surface area contributed by atoms with Crippen molar-refractivity contribution in [1.82, 2.24) is 0 Å². The molecule has 4 rings (SSSR count). The smallest absolute Gasteiger partial charge is 0.306 e. The van der Waals surface area contributed by atoms with Crippen molar-refractivity contribution in [1.29, 1.82) is 0 Å². The number of nitrogens with one attached hydrogen (secondary N) is 1. The molecule has 6 heteroatoms. The van der Waals surface area contributed by atoms with Crippen LogP contribution in [0.25, 0.3) is 11.1 Å². The molecular weight excluding hydrogens is 428 g/mol. The van der Waals surface area contributed by atoms with E-state index in [-0.39, 0.29) is 11.9 Å². The lowest BCUT2D eigenvalue weighted by Gasteiger charge is -2.15. The number of carbonyl (C=O) groups excluding carboxylic acids is 1. The standard InChI is InChI=1S/C28H32N2O4/c1-18-11-24(33-10-9-29)12-19(2)28(18)21-6-4-5-20(13-21)16-30-23-7-8-25-22(14-27(31)32-3)17-34-26(25)15-23/h4-8,11-13,15,22,30H,9-10,14,16-17,29H2,1-3H3. The first-order chi connectivity index (χ1) is 16.5. The highest BCUT2D eigenvalue weighted by Crippen LogP contribution is 2.38. The fraction of sp³-hybridized carbons (Fsp3) is 0.321. The molecule has 0 aromatic heterocycles.